The fourth-order valence-electron chi connectivity index (χ4n) is 1.16. The van der Waals surface area contributed by atoms with Crippen molar-refractivity contribution >= 4 is 6.09 Å². The van der Waals surface area contributed by atoms with Crippen LogP contribution in [0.5, 0.6) is 0 Å². The van der Waals surface area contributed by atoms with Crippen LogP contribution in [0.3, 0.4) is 0 Å². The molecule has 0 spiro atoms. The molecule has 0 heterocycles. The fourth-order valence-corrected chi connectivity index (χ4v) is 1.16. The van der Waals surface area contributed by atoms with Gasteiger partial charge in [-0.05, 0) is 34.1 Å². The van der Waals surface area contributed by atoms with Crippen LogP contribution in [0.2, 0.25) is 0 Å². The molecule has 0 rings (SSSR count). The van der Waals surface area contributed by atoms with Crippen LogP contribution in [0.15, 0.2) is 0 Å². The first-order valence-electron chi connectivity index (χ1n) is 5.75. The van der Waals surface area contributed by atoms with Crippen LogP contribution in [0.1, 0.15) is 48.0 Å². The van der Waals surface area contributed by atoms with E-state index in [4.69, 9.17) is 4.74 Å². The van der Waals surface area contributed by atoms with E-state index in [1.807, 2.05) is 34.6 Å². The van der Waals surface area contributed by atoms with Crippen LogP contribution < -0.4 is 5.32 Å². The fraction of sp³-hybridized carbons (Fsp3) is 0.917. The van der Waals surface area contributed by atoms with Crippen LogP contribution in [0, 0.1) is 5.41 Å². The number of hydrogen-bond donors (Lipinski definition) is 2. The molecule has 4 nitrogen and oxygen atoms in total. The molecule has 0 aromatic heterocycles. The zero-order valence-electron chi connectivity index (χ0n) is 11.3. The summed E-state index contributed by atoms with van der Waals surface area (Å²) in [4.78, 5) is 11.4. The summed E-state index contributed by atoms with van der Waals surface area (Å²) in [5.74, 6) is 0. The van der Waals surface area contributed by atoms with Crippen LogP contribution in [-0.4, -0.2) is 29.4 Å². The Bertz CT molecular complexity index is 233. The highest BCUT2D eigenvalue weighted by Gasteiger charge is 2.29. The molecular formula is C12H25NO3. The maximum atomic E-state index is 11.4. The quantitative estimate of drug-likeness (QED) is 0.780. The summed E-state index contributed by atoms with van der Waals surface area (Å²) in [6.45, 7) is 11.5. The molecule has 0 radical (unpaired) electrons. The summed E-state index contributed by atoms with van der Waals surface area (Å²) < 4.78 is 5.13. The molecule has 0 saturated heterocycles. The van der Waals surface area contributed by atoms with Gasteiger partial charge in [-0.3, -0.25) is 0 Å². The normalized spacial score (nSPS) is 17.4. The smallest absolute Gasteiger partial charge is 0.407 e. The maximum Gasteiger partial charge on any atom is 0.407 e. The average Bonchev–Trinajstić information content (AvgIpc) is 2.11. The molecule has 0 aliphatic rings. The molecule has 0 aliphatic carbocycles. The van der Waals surface area contributed by atoms with E-state index in [-0.39, 0.29) is 5.41 Å². The molecule has 0 fully saturated rings. The second-order valence-corrected chi connectivity index (χ2v) is 5.54. The average molecular weight is 231 g/mol. The summed E-state index contributed by atoms with van der Waals surface area (Å²) in [7, 11) is 0. The third-order valence-corrected chi connectivity index (χ3v) is 2.85. The highest BCUT2D eigenvalue weighted by atomic mass is 16.6. The van der Waals surface area contributed by atoms with E-state index < -0.39 is 17.8 Å². The monoisotopic (exact) mass is 231 g/mol. The van der Waals surface area contributed by atoms with Gasteiger partial charge in [0.1, 0.15) is 5.60 Å². The van der Waals surface area contributed by atoms with Crippen molar-refractivity contribution in [2.75, 3.05) is 6.54 Å². The lowest BCUT2D eigenvalue weighted by Gasteiger charge is -2.32. The first kappa shape index (κ1) is 15.2. The Morgan fingerprint density at radius 3 is 2.19 bits per heavy atom. The van der Waals surface area contributed by atoms with Crippen molar-refractivity contribution in [1.29, 1.82) is 0 Å². The predicted molar refractivity (Wildman–Crippen MR) is 64.3 cm³/mol. The van der Waals surface area contributed by atoms with Crippen LogP contribution in [-0.2, 0) is 4.74 Å². The lowest BCUT2D eigenvalue weighted by Crippen LogP contribution is -2.43. The molecule has 16 heavy (non-hydrogen) atoms. The standard InChI is InChI=1S/C12H25NO3/c1-7-12(6,9(2)14)8-13-10(15)16-11(3,4)5/h9,14H,7-8H2,1-6H3,(H,13,15). The Kier molecular flexibility index (Phi) is 5.26. The van der Waals surface area contributed by atoms with Gasteiger partial charge in [0.15, 0.2) is 0 Å². The molecule has 0 bridgehead atoms. The molecule has 96 valence electrons. The van der Waals surface area contributed by atoms with E-state index in [0.717, 1.165) is 6.42 Å². The lowest BCUT2D eigenvalue weighted by molar-refractivity contribution is 0.0321. The van der Waals surface area contributed by atoms with Crippen molar-refractivity contribution in [3.05, 3.63) is 0 Å². The Hall–Kier alpha value is -0.770. The van der Waals surface area contributed by atoms with Gasteiger partial charge in [0.05, 0.1) is 6.10 Å². The highest BCUT2D eigenvalue weighted by molar-refractivity contribution is 5.67. The van der Waals surface area contributed by atoms with Crippen molar-refractivity contribution in [2.24, 2.45) is 5.41 Å². The summed E-state index contributed by atoms with van der Waals surface area (Å²) in [5, 5.41) is 12.3. The number of carbonyl (C=O) groups is 1. The predicted octanol–water partition coefficient (Wildman–Crippen LogP) is 2.31. The number of amides is 1. The van der Waals surface area contributed by atoms with Gasteiger partial charge >= 0.3 is 6.09 Å². The van der Waals surface area contributed by atoms with Crippen LogP contribution >= 0.6 is 0 Å². The summed E-state index contributed by atoms with van der Waals surface area (Å²) in [5.41, 5.74) is -0.797. The van der Waals surface area contributed by atoms with E-state index >= 15 is 0 Å². The van der Waals surface area contributed by atoms with Crippen molar-refractivity contribution in [1.82, 2.24) is 5.32 Å². The van der Waals surface area contributed by atoms with Gasteiger partial charge in [-0.15, -0.1) is 0 Å². The van der Waals surface area contributed by atoms with Gasteiger partial charge in [0.25, 0.3) is 0 Å². The number of rotatable bonds is 4. The molecule has 0 aromatic rings. The molecule has 2 atom stereocenters. The van der Waals surface area contributed by atoms with Crippen molar-refractivity contribution in [3.63, 3.8) is 0 Å². The van der Waals surface area contributed by atoms with Gasteiger partial charge in [-0.2, -0.15) is 0 Å². The Morgan fingerprint density at radius 1 is 1.38 bits per heavy atom. The number of aliphatic hydroxyl groups excluding tert-OH is 1. The molecule has 0 aliphatic heterocycles. The first-order valence-corrected chi connectivity index (χ1v) is 5.75. The van der Waals surface area contributed by atoms with Gasteiger partial charge < -0.3 is 15.2 Å². The first-order chi connectivity index (χ1) is 7.10. The third kappa shape index (κ3) is 5.35. The summed E-state index contributed by atoms with van der Waals surface area (Å²) in [6, 6.07) is 0. The highest BCUT2D eigenvalue weighted by Crippen LogP contribution is 2.24. The van der Waals surface area contributed by atoms with E-state index in [9.17, 15) is 9.90 Å². The molecule has 1 amide bonds. The van der Waals surface area contributed by atoms with Crippen molar-refractivity contribution < 1.29 is 14.6 Å². The zero-order chi connectivity index (χ0) is 13.0. The molecule has 2 unspecified atom stereocenters. The lowest BCUT2D eigenvalue weighted by atomic mass is 9.82. The van der Waals surface area contributed by atoms with E-state index in [2.05, 4.69) is 5.32 Å². The second-order valence-electron chi connectivity index (χ2n) is 5.54. The van der Waals surface area contributed by atoms with Crippen LogP contribution in [0.25, 0.3) is 0 Å². The van der Waals surface area contributed by atoms with E-state index in [0.29, 0.717) is 6.54 Å². The van der Waals surface area contributed by atoms with Gasteiger partial charge in [0, 0.05) is 12.0 Å². The Morgan fingerprint density at radius 2 is 1.88 bits per heavy atom. The SMILES string of the molecule is CCC(C)(CNC(=O)OC(C)(C)C)C(C)O. The van der Waals surface area contributed by atoms with Gasteiger partial charge in [0.2, 0.25) is 0 Å². The summed E-state index contributed by atoms with van der Waals surface area (Å²) >= 11 is 0. The largest absolute Gasteiger partial charge is 0.444 e. The minimum Gasteiger partial charge on any atom is -0.444 e. The van der Waals surface area contributed by atoms with Crippen molar-refractivity contribution in [2.45, 2.75) is 59.7 Å². The van der Waals surface area contributed by atoms with E-state index in [1.54, 1.807) is 6.92 Å². The number of alkyl carbamates (subject to hydrolysis) is 1. The molecule has 2 N–H and O–H groups in total. The minimum atomic E-state index is -0.489. The zero-order valence-corrected chi connectivity index (χ0v) is 11.3. The summed E-state index contributed by atoms with van der Waals surface area (Å²) in [6.07, 6.45) is -0.110. The molecular weight excluding hydrogens is 206 g/mol. The van der Waals surface area contributed by atoms with Crippen LogP contribution in [0.4, 0.5) is 4.79 Å². The Labute approximate surface area is 98.4 Å². The second kappa shape index (κ2) is 5.53. The molecule has 0 saturated carbocycles. The minimum absolute atomic E-state index is 0.309. The third-order valence-electron chi connectivity index (χ3n) is 2.85. The topological polar surface area (TPSA) is 58.6 Å². The maximum absolute atomic E-state index is 11.4. The number of ether oxygens (including phenoxy) is 1. The Balaban J connectivity index is 4.18. The molecule has 0 aromatic carbocycles. The number of aliphatic hydroxyl groups is 1. The van der Waals surface area contributed by atoms with Crippen molar-refractivity contribution in [3.8, 4) is 0 Å². The number of carbonyl (C=O) groups excluding carboxylic acids is 1. The van der Waals surface area contributed by atoms with Gasteiger partial charge in [-0.25, -0.2) is 4.79 Å². The van der Waals surface area contributed by atoms with Gasteiger partial charge in [-0.1, -0.05) is 13.8 Å². The number of nitrogens with one attached hydrogen (secondary N) is 1. The van der Waals surface area contributed by atoms with E-state index in [1.165, 1.54) is 0 Å². The molecule has 4 heteroatoms. The number of hydrogen-bond acceptors (Lipinski definition) is 3.